The molecule has 94 valence electrons. The van der Waals surface area contributed by atoms with Gasteiger partial charge in [0.1, 0.15) is 0 Å². The van der Waals surface area contributed by atoms with Crippen LogP contribution in [0.2, 0.25) is 10.0 Å². The van der Waals surface area contributed by atoms with E-state index in [9.17, 15) is 4.79 Å². The minimum atomic E-state index is -0.566. The normalized spacial score (nSPS) is 9.35. The third-order valence-electron chi connectivity index (χ3n) is 1.82. The first kappa shape index (κ1) is 16.3. The molecule has 8 heteroatoms. The number of nitrogens with zero attached hydrogens (tertiary/aromatic N) is 1. The number of guanidine groups is 1. The quantitative estimate of drug-likeness (QED) is 0.500. The topological polar surface area (TPSA) is 70.2 Å². The molecule has 0 radical (unpaired) electrons. The molecule has 0 aromatic heterocycles. The van der Waals surface area contributed by atoms with Gasteiger partial charge in [-0.2, -0.15) is 4.42 Å². The number of hydrogen-bond acceptors (Lipinski definition) is 2. The van der Waals surface area contributed by atoms with Crippen LogP contribution >= 0.6 is 47.4 Å². The fourth-order valence-electron chi connectivity index (χ4n) is 1.06. The number of nitrogens with two attached hydrogens (primary N) is 1. The molecule has 4 nitrogen and oxygen atoms in total. The molecule has 0 fully saturated rings. The minimum Gasteiger partial charge on any atom is -0.369 e. The van der Waals surface area contributed by atoms with Gasteiger partial charge in [0.25, 0.3) is 0 Å². The molecule has 1 aromatic carbocycles. The summed E-state index contributed by atoms with van der Waals surface area (Å²) in [5.41, 5.74) is 5.52. The predicted molar refractivity (Wildman–Crippen MR) is 72.0 cm³/mol. The molecule has 1 aromatic rings. The molecule has 1 amide bonds. The number of nitrogens with one attached hydrogen (secondary N) is 1. The molecular formula is C9H9Cl4N3O. The van der Waals surface area contributed by atoms with Crippen LogP contribution in [-0.2, 0) is 11.2 Å². The van der Waals surface area contributed by atoms with E-state index in [1.54, 1.807) is 18.2 Å². The van der Waals surface area contributed by atoms with E-state index >= 15 is 0 Å². The van der Waals surface area contributed by atoms with E-state index in [0.717, 1.165) is 0 Å². The van der Waals surface area contributed by atoms with Crippen molar-refractivity contribution >= 4 is 59.3 Å². The lowest BCUT2D eigenvalue weighted by Crippen LogP contribution is -2.34. The summed E-state index contributed by atoms with van der Waals surface area (Å²) in [5, 5.41) is 7.73. The first-order valence-corrected chi connectivity index (χ1v) is 5.28. The number of hydrogen-bond donors (Lipinski definition) is 2. The Labute approximate surface area is 120 Å². The van der Waals surface area contributed by atoms with E-state index < -0.39 is 11.9 Å². The molecule has 0 saturated heterocycles. The predicted octanol–water partition coefficient (Wildman–Crippen LogP) is 2.83. The van der Waals surface area contributed by atoms with Crippen LogP contribution in [0.5, 0.6) is 0 Å². The van der Waals surface area contributed by atoms with Crippen LogP contribution in [0.15, 0.2) is 18.2 Å². The zero-order valence-electron chi connectivity index (χ0n) is 8.41. The average Bonchev–Trinajstić information content (AvgIpc) is 2.22. The van der Waals surface area contributed by atoms with Gasteiger partial charge in [-0.3, -0.25) is 10.2 Å². The van der Waals surface area contributed by atoms with Crippen molar-refractivity contribution in [3.05, 3.63) is 33.8 Å². The van der Waals surface area contributed by atoms with Gasteiger partial charge >= 0.3 is 0 Å². The molecule has 0 aliphatic heterocycles. The molecule has 0 saturated carbocycles. The largest absolute Gasteiger partial charge is 0.369 e. The lowest BCUT2D eigenvalue weighted by Gasteiger charge is -2.12. The van der Waals surface area contributed by atoms with E-state index in [0.29, 0.717) is 20.0 Å². The molecule has 1 rings (SSSR count). The Morgan fingerprint density at radius 3 is 2.24 bits per heavy atom. The molecule has 0 spiro atoms. The highest BCUT2D eigenvalue weighted by Gasteiger charge is 2.17. The van der Waals surface area contributed by atoms with E-state index in [1.165, 1.54) is 0 Å². The number of rotatable bonds is 2. The zero-order chi connectivity index (χ0) is 12.3. The molecule has 0 atom stereocenters. The van der Waals surface area contributed by atoms with Crippen molar-refractivity contribution in [2.75, 3.05) is 0 Å². The highest BCUT2D eigenvalue weighted by molar-refractivity contribution is 6.36. The van der Waals surface area contributed by atoms with E-state index in [2.05, 4.69) is 0 Å². The zero-order valence-corrected chi connectivity index (χ0v) is 11.5. The Hall–Kier alpha value is -0.680. The minimum absolute atomic E-state index is 0. The van der Waals surface area contributed by atoms with Crippen molar-refractivity contribution in [2.24, 2.45) is 5.73 Å². The van der Waals surface area contributed by atoms with Gasteiger partial charge in [0.05, 0.1) is 6.42 Å². The van der Waals surface area contributed by atoms with Crippen LogP contribution in [0.25, 0.3) is 0 Å². The van der Waals surface area contributed by atoms with E-state index in [-0.39, 0.29) is 18.8 Å². The fraction of sp³-hybridized carbons (Fsp3) is 0.111. The highest BCUT2D eigenvalue weighted by Crippen LogP contribution is 2.25. The van der Waals surface area contributed by atoms with Crippen molar-refractivity contribution in [2.45, 2.75) is 6.42 Å². The van der Waals surface area contributed by atoms with Crippen molar-refractivity contribution in [3.63, 3.8) is 0 Å². The van der Waals surface area contributed by atoms with Gasteiger partial charge in [-0.15, -0.1) is 12.4 Å². The monoisotopic (exact) mass is 315 g/mol. The smallest absolute Gasteiger partial charge is 0.248 e. The summed E-state index contributed by atoms with van der Waals surface area (Å²) >= 11 is 17.2. The van der Waals surface area contributed by atoms with Crippen LogP contribution in [-0.4, -0.2) is 16.3 Å². The Morgan fingerprint density at radius 2 is 1.82 bits per heavy atom. The van der Waals surface area contributed by atoms with Crippen LogP contribution in [0.4, 0.5) is 0 Å². The summed E-state index contributed by atoms with van der Waals surface area (Å²) in [6.07, 6.45) is -0.110. The van der Waals surface area contributed by atoms with Crippen LogP contribution in [0.1, 0.15) is 5.56 Å². The van der Waals surface area contributed by atoms with Gasteiger partial charge in [-0.1, -0.05) is 29.3 Å². The van der Waals surface area contributed by atoms with Crippen molar-refractivity contribution in [1.29, 1.82) is 5.41 Å². The fourth-order valence-corrected chi connectivity index (χ4v) is 1.65. The Bertz CT molecular complexity index is 418. The van der Waals surface area contributed by atoms with E-state index in [4.69, 9.17) is 46.1 Å². The molecule has 17 heavy (non-hydrogen) atoms. The van der Waals surface area contributed by atoms with Crippen LogP contribution in [0.3, 0.4) is 0 Å². The first-order chi connectivity index (χ1) is 7.43. The Balaban J connectivity index is 0.00000256. The lowest BCUT2D eigenvalue weighted by molar-refractivity contribution is -0.123. The van der Waals surface area contributed by atoms with Gasteiger partial charge in [-0.05, 0) is 17.7 Å². The summed E-state index contributed by atoms with van der Waals surface area (Å²) in [7, 11) is 0. The third kappa shape index (κ3) is 4.24. The number of amides is 1. The van der Waals surface area contributed by atoms with Crippen LogP contribution in [0, 0.1) is 5.41 Å². The van der Waals surface area contributed by atoms with Crippen LogP contribution < -0.4 is 5.73 Å². The van der Waals surface area contributed by atoms with Gasteiger partial charge in [-0.25, -0.2) is 0 Å². The summed E-state index contributed by atoms with van der Waals surface area (Å²) in [4.78, 5) is 11.5. The highest BCUT2D eigenvalue weighted by atomic mass is 35.5. The summed E-state index contributed by atoms with van der Waals surface area (Å²) in [6, 6.07) is 4.90. The van der Waals surface area contributed by atoms with Gasteiger partial charge < -0.3 is 5.73 Å². The molecule has 0 aliphatic carbocycles. The first-order valence-electron chi connectivity index (χ1n) is 4.19. The molecule has 0 aliphatic rings. The molecule has 0 heterocycles. The molecule has 3 N–H and O–H groups in total. The summed E-state index contributed by atoms with van der Waals surface area (Å²) in [5.74, 6) is -1.11. The second kappa shape index (κ2) is 6.91. The Kier molecular flexibility index (Phi) is 6.64. The summed E-state index contributed by atoms with van der Waals surface area (Å²) < 4.78 is 0.514. The van der Waals surface area contributed by atoms with Gasteiger partial charge in [0.2, 0.25) is 11.9 Å². The maximum atomic E-state index is 11.5. The number of carbonyl (C=O) groups excluding carboxylic acids is 1. The molecule has 0 bridgehead atoms. The average molecular weight is 317 g/mol. The number of carbonyl (C=O) groups is 1. The summed E-state index contributed by atoms with van der Waals surface area (Å²) in [6.45, 7) is 0. The SMILES string of the molecule is Cl.N=C(N)N(Cl)C(=O)Cc1c(Cl)cccc1Cl. The second-order valence-corrected chi connectivity index (χ2v) is 4.09. The van der Waals surface area contributed by atoms with Gasteiger partial charge in [0.15, 0.2) is 0 Å². The molecule has 0 unspecified atom stereocenters. The van der Waals surface area contributed by atoms with Gasteiger partial charge in [0, 0.05) is 21.8 Å². The third-order valence-corrected chi connectivity index (χ3v) is 2.90. The second-order valence-electron chi connectivity index (χ2n) is 2.94. The lowest BCUT2D eigenvalue weighted by atomic mass is 10.1. The maximum Gasteiger partial charge on any atom is 0.248 e. The van der Waals surface area contributed by atoms with Crippen molar-refractivity contribution in [1.82, 2.24) is 4.42 Å². The van der Waals surface area contributed by atoms with Crippen molar-refractivity contribution in [3.8, 4) is 0 Å². The maximum absolute atomic E-state index is 11.5. The van der Waals surface area contributed by atoms with Crippen molar-refractivity contribution < 1.29 is 4.79 Å². The number of halogens is 4. The number of benzene rings is 1. The van der Waals surface area contributed by atoms with E-state index in [1.807, 2.05) is 0 Å². The Morgan fingerprint density at radius 1 is 1.35 bits per heavy atom. The standard InChI is InChI=1S/C9H8Cl3N3O.ClH/c10-6-2-1-3-7(11)5(6)4-8(16)15(12)9(13)14;/h1-3H,4H2,(H3,13,14);1H. The molecular weight excluding hydrogens is 308 g/mol.